The van der Waals surface area contributed by atoms with Crippen LogP contribution in [0.25, 0.3) is 0 Å². The summed E-state index contributed by atoms with van der Waals surface area (Å²) in [6.07, 6.45) is 8.18. The van der Waals surface area contributed by atoms with Crippen LogP contribution in [0.5, 0.6) is 0 Å². The van der Waals surface area contributed by atoms with Gasteiger partial charge in [0.05, 0.1) is 0 Å². The van der Waals surface area contributed by atoms with E-state index in [2.05, 4.69) is 66.8 Å². The molecule has 0 saturated carbocycles. The second kappa shape index (κ2) is 9.82. The van der Waals surface area contributed by atoms with Crippen LogP contribution in [0.4, 0.5) is 0 Å². The summed E-state index contributed by atoms with van der Waals surface area (Å²) in [5.74, 6) is 1.82. The van der Waals surface area contributed by atoms with Gasteiger partial charge in [-0.3, -0.25) is 0 Å². The molecule has 1 rings (SSSR count). The van der Waals surface area contributed by atoms with E-state index in [-0.39, 0.29) is 0 Å². The Morgan fingerprint density at radius 1 is 1.06 bits per heavy atom. The highest BCUT2D eigenvalue weighted by Crippen LogP contribution is 2.21. The summed E-state index contributed by atoms with van der Waals surface area (Å²) in [5, 5.41) is 0. The van der Waals surface area contributed by atoms with Gasteiger partial charge in [0.15, 0.2) is 0 Å². The fourth-order valence-corrected chi connectivity index (χ4v) is 3.15. The number of aryl methyl sites for hydroxylation is 1. The summed E-state index contributed by atoms with van der Waals surface area (Å²) < 4.78 is 1.31. The summed E-state index contributed by atoms with van der Waals surface area (Å²) in [4.78, 5) is 0. The largest absolute Gasteiger partial charge is 0.0861 e. The van der Waals surface area contributed by atoms with Gasteiger partial charge in [-0.25, -0.2) is 0 Å². The molecule has 0 heterocycles. The highest BCUT2D eigenvalue weighted by molar-refractivity contribution is 14.1. The molecular formula is C17H27I. The highest BCUT2D eigenvalue weighted by Gasteiger charge is 2.08. The van der Waals surface area contributed by atoms with Crippen LogP contribution in [0.15, 0.2) is 30.3 Å². The number of alkyl halides is 1. The van der Waals surface area contributed by atoms with Crippen molar-refractivity contribution in [3.63, 3.8) is 0 Å². The van der Waals surface area contributed by atoms with Gasteiger partial charge in [-0.15, -0.1) is 0 Å². The van der Waals surface area contributed by atoms with E-state index in [1.807, 2.05) is 0 Å². The lowest BCUT2D eigenvalue weighted by molar-refractivity contribution is 0.426. The normalized spacial score (nSPS) is 14.4. The van der Waals surface area contributed by atoms with E-state index in [0.717, 1.165) is 11.8 Å². The Morgan fingerprint density at radius 3 is 2.39 bits per heavy atom. The van der Waals surface area contributed by atoms with Gasteiger partial charge >= 0.3 is 0 Å². The average Bonchev–Trinajstić information content (AvgIpc) is 2.43. The molecule has 2 atom stereocenters. The first-order valence-electron chi connectivity index (χ1n) is 7.36. The SMILES string of the molecule is CCC(C)CCCC(CI)CCc1ccccc1. The molecule has 0 bridgehead atoms. The van der Waals surface area contributed by atoms with Crippen LogP contribution in [0.1, 0.15) is 51.5 Å². The van der Waals surface area contributed by atoms with Crippen LogP contribution in [0, 0.1) is 11.8 Å². The maximum Gasteiger partial charge on any atom is 0.00238 e. The van der Waals surface area contributed by atoms with E-state index in [9.17, 15) is 0 Å². The van der Waals surface area contributed by atoms with E-state index >= 15 is 0 Å². The molecule has 0 spiro atoms. The van der Waals surface area contributed by atoms with Gasteiger partial charge in [0.1, 0.15) is 0 Å². The van der Waals surface area contributed by atoms with Crippen LogP contribution in [0.3, 0.4) is 0 Å². The minimum Gasteiger partial charge on any atom is -0.0861 e. The summed E-state index contributed by atoms with van der Waals surface area (Å²) in [5.41, 5.74) is 1.49. The molecule has 0 amide bonds. The van der Waals surface area contributed by atoms with Crippen LogP contribution in [-0.4, -0.2) is 4.43 Å². The summed E-state index contributed by atoms with van der Waals surface area (Å²) >= 11 is 2.56. The summed E-state index contributed by atoms with van der Waals surface area (Å²) in [6, 6.07) is 10.9. The van der Waals surface area contributed by atoms with E-state index < -0.39 is 0 Å². The molecule has 0 aromatic heterocycles. The van der Waals surface area contributed by atoms with Gasteiger partial charge in [-0.1, -0.05) is 86.0 Å². The van der Waals surface area contributed by atoms with Crippen molar-refractivity contribution in [1.29, 1.82) is 0 Å². The van der Waals surface area contributed by atoms with Crippen molar-refractivity contribution in [3.05, 3.63) is 35.9 Å². The predicted octanol–water partition coefficient (Wildman–Crippen LogP) is 5.89. The molecule has 2 unspecified atom stereocenters. The van der Waals surface area contributed by atoms with Crippen molar-refractivity contribution in [1.82, 2.24) is 0 Å². The average molecular weight is 358 g/mol. The molecule has 0 radical (unpaired) electrons. The first-order chi connectivity index (χ1) is 8.76. The minimum absolute atomic E-state index is 0.911. The Balaban J connectivity index is 2.21. The van der Waals surface area contributed by atoms with Crippen molar-refractivity contribution in [2.24, 2.45) is 11.8 Å². The predicted molar refractivity (Wildman–Crippen MR) is 90.4 cm³/mol. The Labute approximate surface area is 127 Å². The third-order valence-corrected chi connectivity index (χ3v) is 5.15. The lowest BCUT2D eigenvalue weighted by Crippen LogP contribution is -2.05. The molecule has 0 aliphatic heterocycles. The Hall–Kier alpha value is -0.0500. The van der Waals surface area contributed by atoms with Gasteiger partial charge in [-0.2, -0.15) is 0 Å². The van der Waals surface area contributed by atoms with Crippen molar-refractivity contribution < 1.29 is 0 Å². The zero-order valence-corrected chi connectivity index (χ0v) is 14.0. The Bertz CT molecular complexity index is 294. The topological polar surface area (TPSA) is 0 Å². The van der Waals surface area contributed by atoms with Gasteiger partial charge in [0.2, 0.25) is 0 Å². The first-order valence-corrected chi connectivity index (χ1v) is 8.88. The molecule has 1 heteroatoms. The van der Waals surface area contributed by atoms with Crippen LogP contribution in [-0.2, 0) is 6.42 Å². The van der Waals surface area contributed by atoms with Crippen molar-refractivity contribution >= 4 is 22.6 Å². The lowest BCUT2D eigenvalue weighted by atomic mass is 9.93. The van der Waals surface area contributed by atoms with Crippen LogP contribution < -0.4 is 0 Å². The Morgan fingerprint density at radius 2 is 1.78 bits per heavy atom. The molecule has 0 saturated heterocycles. The highest BCUT2D eigenvalue weighted by atomic mass is 127. The van der Waals surface area contributed by atoms with Crippen molar-refractivity contribution in [2.75, 3.05) is 4.43 Å². The van der Waals surface area contributed by atoms with Crippen LogP contribution >= 0.6 is 22.6 Å². The zero-order chi connectivity index (χ0) is 13.2. The fraction of sp³-hybridized carbons (Fsp3) is 0.647. The van der Waals surface area contributed by atoms with Crippen molar-refractivity contribution in [3.8, 4) is 0 Å². The molecule has 1 aromatic carbocycles. The molecule has 102 valence electrons. The molecule has 0 aliphatic carbocycles. The Kier molecular flexibility index (Phi) is 8.74. The zero-order valence-electron chi connectivity index (χ0n) is 11.9. The van der Waals surface area contributed by atoms with E-state index in [4.69, 9.17) is 0 Å². The molecule has 18 heavy (non-hydrogen) atoms. The van der Waals surface area contributed by atoms with Crippen LogP contribution in [0.2, 0.25) is 0 Å². The number of halogens is 1. The summed E-state index contributed by atoms with van der Waals surface area (Å²) in [7, 11) is 0. The molecular weight excluding hydrogens is 331 g/mol. The standard InChI is InChI=1S/C17H27I/c1-3-15(2)8-7-11-17(14-18)13-12-16-9-5-4-6-10-16/h4-6,9-10,15,17H,3,7-8,11-14H2,1-2H3. The third-order valence-electron chi connectivity index (χ3n) is 3.91. The van der Waals surface area contributed by atoms with Crippen molar-refractivity contribution in [2.45, 2.75) is 52.4 Å². The maximum absolute atomic E-state index is 2.56. The quantitative estimate of drug-likeness (QED) is 0.382. The van der Waals surface area contributed by atoms with Gasteiger partial charge in [0.25, 0.3) is 0 Å². The monoisotopic (exact) mass is 358 g/mol. The molecule has 0 N–H and O–H groups in total. The van der Waals surface area contributed by atoms with Gasteiger partial charge in [0, 0.05) is 4.43 Å². The number of hydrogen-bond acceptors (Lipinski definition) is 0. The minimum atomic E-state index is 0.911. The van der Waals surface area contributed by atoms with Gasteiger partial charge < -0.3 is 0 Å². The molecule has 1 aromatic rings. The summed E-state index contributed by atoms with van der Waals surface area (Å²) in [6.45, 7) is 4.68. The maximum atomic E-state index is 2.56. The number of hydrogen-bond donors (Lipinski definition) is 0. The van der Waals surface area contributed by atoms with E-state index in [1.165, 1.54) is 48.5 Å². The second-order valence-electron chi connectivity index (χ2n) is 5.49. The molecule has 0 fully saturated rings. The van der Waals surface area contributed by atoms with Gasteiger partial charge in [-0.05, 0) is 36.7 Å². The third kappa shape index (κ3) is 6.77. The lowest BCUT2D eigenvalue weighted by Gasteiger charge is -2.15. The fourth-order valence-electron chi connectivity index (χ4n) is 2.27. The van der Waals surface area contributed by atoms with E-state index in [0.29, 0.717) is 0 Å². The molecule has 0 nitrogen and oxygen atoms in total. The number of benzene rings is 1. The number of rotatable bonds is 9. The second-order valence-corrected chi connectivity index (χ2v) is 6.37. The molecule has 0 aliphatic rings. The first kappa shape index (κ1) is 16.0. The van der Waals surface area contributed by atoms with E-state index in [1.54, 1.807) is 0 Å². The smallest absolute Gasteiger partial charge is 0.00238 e.